The van der Waals surface area contributed by atoms with E-state index < -0.39 is 0 Å². The molecule has 0 saturated carbocycles. The van der Waals surface area contributed by atoms with Gasteiger partial charge in [-0.15, -0.1) is 0 Å². The highest BCUT2D eigenvalue weighted by Gasteiger charge is 2.21. The van der Waals surface area contributed by atoms with Gasteiger partial charge in [0.1, 0.15) is 12.1 Å². The van der Waals surface area contributed by atoms with Crippen molar-refractivity contribution in [3.63, 3.8) is 0 Å². The summed E-state index contributed by atoms with van der Waals surface area (Å²) < 4.78 is 0. The van der Waals surface area contributed by atoms with E-state index in [2.05, 4.69) is 27.2 Å². The molecule has 0 aliphatic carbocycles. The van der Waals surface area contributed by atoms with E-state index in [9.17, 15) is 4.79 Å². The van der Waals surface area contributed by atoms with Crippen LogP contribution in [0.25, 0.3) is 11.3 Å². The summed E-state index contributed by atoms with van der Waals surface area (Å²) in [5.41, 5.74) is 10.2. The number of anilines is 3. The molecule has 3 rings (SSSR count). The average Bonchev–Trinajstić information content (AvgIpc) is 2.80. The maximum atomic E-state index is 13.3. The molecule has 0 radical (unpaired) electrons. The molecule has 3 N–H and O–H groups in total. The standard InChI is InChI=1S/C24H31N7O/c1-4-6-7-8-11-31(24(32)30-22-13-19(5-2)27-16-28-22)23-20(25)9-10-21(29-23)18-12-17(3)14-26-15-18/h9-10,12-16H,4-8,11,25H2,1-3H3,(H,27,28,30,32). The SMILES string of the molecule is CCCCCCN(C(=O)Nc1cc(CC)ncn1)c1nc(-c2cncc(C)c2)ccc1N. The molecule has 2 amide bonds. The smallest absolute Gasteiger partial charge is 0.328 e. The molecule has 3 aromatic rings. The Kier molecular flexibility index (Phi) is 8.08. The lowest BCUT2D eigenvalue weighted by Crippen LogP contribution is -2.37. The Labute approximate surface area is 189 Å². The summed E-state index contributed by atoms with van der Waals surface area (Å²) in [6.45, 7) is 6.65. The fraction of sp³-hybridized carbons (Fsp3) is 0.375. The summed E-state index contributed by atoms with van der Waals surface area (Å²) in [5, 5.41) is 2.88. The molecule has 0 aliphatic rings. The number of hydrogen-bond donors (Lipinski definition) is 2. The molecular formula is C24H31N7O. The van der Waals surface area contributed by atoms with Crippen LogP contribution >= 0.6 is 0 Å². The molecule has 3 aromatic heterocycles. The van der Waals surface area contributed by atoms with Gasteiger partial charge in [0.2, 0.25) is 0 Å². The first kappa shape index (κ1) is 23.1. The van der Waals surface area contributed by atoms with Crippen molar-refractivity contribution in [2.45, 2.75) is 52.9 Å². The lowest BCUT2D eigenvalue weighted by atomic mass is 10.1. The minimum atomic E-state index is -0.319. The summed E-state index contributed by atoms with van der Waals surface area (Å²) in [4.78, 5) is 32.3. The molecule has 32 heavy (non-hydrogen) atoms. The van der Waals surface area contributed by atoms with E-state index in [1.165, 1.54) is 6.33 Å². The normalized spacial score (nSPS) is 10.7. The van der Waals surface area contributed by atoms with Gasteiger partial charge in [-0.25, -0.2) is 19.7 Å². The molecule has 3 heterocycles. The van der Waals surface area contributed by atoms with Crippen molar-refractivity contribution in [2.75, 3.05) is 22.5 Å². The minimum absolute atomic E-state index is 0.319. The van der Waals surface area contributed by atoms with E-state index in [0.29, 0.717) is 29.6 Å². The number of hydrogen-bond acceptors (Lipinski definition) is 6. The maximum Gasteiger partial charge on any atom is 0.328 e. The number of rotatable bonds is 9. The van der Waals surface area contributed by atoms with Crippen molar-refractivity contribution in [3.05, 3.63) is 54.2 Å². The molecule has 0 bridgehead atoms. The van der Waals surface area contributed by atoms with E-state index in [1.807, 2.05) is 26.0 Å². The molecule has 0 unspecified atom stereocenters. The molecule has 0 aromatic carbocycles. The van der Waals surface area contributed by atoms with E-state index in [0.717, 1.165) is 48.9 Å². The van der Waals surface area contributed by atoms with Gasteiger partial charge in [0.05, 0.1) is 11.4 Å². The van der Waals surface area contributed by atoms with Crippen LogP contribution < -0.4 is 16.0 Å². The van der Waals surface area contributed by atoms with Crippen LogP contribution in [0.3, 0.4) is 0 Å². The molecule has 8 nitrogen and oxygen atoms in total. The van der Waals surface area contributed by atoms with Crippen LogP contribution in [0.5, 0.6) is 0 Å². The van der Waals surface area contributed by atoms with Crippen LogP contribution in [0, 0.1) is 6.92 Å². The van der Waals surface area contributed by atoms with Gasteiger partial charge >= 0.3 is 6.03 Å². The second kappa shape index (κ2) is 11.2. The Bertz CT molecular complexity index is 1050. The van der Waals surface area contributed by atoms with E-state index in [1.54, 1.807) is 29.4 Å². The molecule has 0 saturated heterocycles. The van der Waals surface area contributed by atoms with Crippen LogP contribution in [0.1, 0.15) is 50.8 Å². The summed E-state index contributed by atoms with van der Waals surface area (Å²) in [5.74, 6) is 0.890. The first-order valence-corrected chi connectivity index (χ1v) is 11.1. The van der Waals surface area contributed by atoms with Crippen molar-refractivity contribution in [3.8, 4) is 11.3 Å². The number of amides is 2. The monoisotopic (exact) mass is 433 g/mol. The number of unbranched alkanes of at least 4 members (excludes halogenated alkanes) is 3. The Balaban J connectivity index is 1.91. The quantitative estimate of drug-likeness (QED) is 0.459. The number of urea groups is 1. The second-order valence-electron chi connectivity index (χ2n) is 7.75. The zero-order valence-corrected chi connectivity index (χ0v) is 19.0. The highest BCUT2D eigenvalue weighted by Crippen LogP contribution is 2.27. The second-order valence-corrected chi connectivity index (χ2v) is 7.75. The Hall–Kier alpha value is -3.55. The third kappa shape index (κ3) is 6.00. The lowest BCUT2D eigenvalue weighted by molar-refractivity contribution is 0.256. The van der Waals surface area contributed by atoms with Gasteiger partial charge in [0.25, 0.3) is 0 Å². The van der Waals surface area contributed by atoms with Crippen LogP contribution in [-0.4, -0.2) is 32.5 Å². The van der Waals surface area contributed by atoms with Crippen molar-refractivity contribution in [2.24, 2.45) is 0 Å². The molecule has 168 valence electrons. The minimum Gasteiger partial charge on any atom is -0.396 e. The fourth-order valence-corrected chi connectivity index (χ4v) is 3.37. The number of aromatic nitrogens is 4. The van der Waals surface area contributed by atoms with Crippen LogP contribution in [0.2, 0.25) is 0 Å². The number of aryl methyl sites for hydroxylation is 2. The fourth-order valence-electron chi connectivity index (χ4n) is 3.37. The van der Waals surface area contributed by atoms with Gasteiger partial charge in [-0.05, 0) is 43.5 Å². The molecule has 0 spiro atoms. The van der Waals surface area contributed by atoms with Gasteiger partial charge in [0, 0.05) is 36.3 Å². The summed E-state index contributed by atoms with van der Waals surface area (Å²) in [6, 6.07) is 7.10. The largest absolute Gasteiger partial charge is 0.396 e. The van der Waals surface area contributed by atoms with Gasteiger partial charge in [0.15, 0.2) is 5.82 Å². The molecule has 8 heteroatoms. The Morgan fingerprint density at radius 1 is 1.09 bits per heavy atom. The third-order valence-corrected chi connectivity index (χ3v) is 5.13. The van der Waals surface area contributed by atoms with Crippen molar-refractivity contribution in [1.82, 2.24) is 19.9 Å². The number of carbonyl (C=O) groups is 1. The summed E-state index contributed by atoms with van der Waals surface area (Å²) >= 11 is 0. The van der Waals surface area contributed by atoms with Gasteiger partial charge < -0.3 is 5.73 Å². The topological polar surface area (TPSA) is 110 Å². The Morgan fingerprint density at radius 2 is 1.94 bits per heavy atom. The van der Waals surface area contributed by atoms with E-state index >= 15 is 0 Å². The van der Waals surface area contributed by atoms with Crippen LogP contribution in [0.4, 0.5) is 22.1 Å². The molecule has 0 fully saturated rings. The number of carbonyl (C=O) groups excluding carboxylic acids is 1. The van der Waals surface area contributed by atoms with Gasteiger partial charge in [-0.2, -0.15) is 0 Å². The zero-order chi connectivity index (χ0) is 22.9. The highest BCUT2D eigenvalue weighted by molar-refractivity contribution is 6.02. The molecular weight excluding hydrogens is 402 g/mol. The van der Waals surface area contributed by atoms with Gasteiger partial charge in [-0.1, -0.05) is 33.1 Å². The molecule has 0 aliphatic heterocycles. The number of pyridine rings is 2. The lowest BCUT2D eigenvalue weighted by Gasteiger charge is -2.24. The van der Waals surface area contributed by atoms with Crippen LogP contribution in [0.15, 0.2) is 43.0 Å². The maximum absolute atomic E-state index is 13.3. The van der Waals surface area contributed by atoms with Crippen molar-refractivity contribution >= 4 is 23.4 Å². The van der Waals surface area contributed by atoms with Crippen molar-refractivity contribution in [1.29, 1.82) is 0 Å². The Morgan fingerprint density at radius 3 is 2.69 bits per heavy atom. The van der Waals surface area contributed by atoms with Crippen LogP contribution in [-0.2, 0) is 6.42 Å². The van der Waals surface area contributed by atoms with Crippen molar-refractivity contribution < 1.29 is 4.79 Å². The average molecular weight is 434 g/mol. The number of nitrogens with two attached hydrogens (primary N) is 1. The predicted molar refractivity (Wildman–Crippen MR) is 129 cm³/mol. The third-order valence-electron chi connectivity index (χ3n) is 5.13. The predicted octanol–water partition coefficient (Wildman–Crippen LogP) is 5.01. The number of nitrogen functional groups attached to an aromatic ring is 1. The number of nitrogens with zero attached hydrogens (tertiary/aromatic N) is 5. The zero-order valence-electron chi connectivity index (χ0n) is 19.0. The molecule has 0 atom stereocenters. The summed E-state index contributed by atoms with van der Waals surface area (Å²) in [6.07, 6.45) is 9.86. The first-order valence-electron chi connectivity index (χ1n) is 11.1. The van der Waals surface area contributed by atoms with E-state index in [-0.39, 0.29) is 6.03 Å². The number of nitrogens with one attached hydrogen (secondary N) is 1. The summed E-state index contributed by atoms with van der Waals surface area (Å²) in [7, 11) is 0. The van der Waals surface area contributed by atoms with Gasteiger partial charge in [-0.3, -0.25) is 15.2 Å². The van der Waals surface area contributed by atoms with E-state index in [4.69, 9.17) is 10.7 Å². The first-order chi connectivity index (χ1) is 15.5. The highest BCUT2D eigenvalue weighted by atomic mass is 16.2.